The van der Waals surface area contributed by atoms with Crippen molar-refractivity contribution in [2.75, 3.05) is 0 Å². The first-order chi connectivity index (χ1) is 10.4. The third kappa shape index (κ3) is 3.25. The molecule has 0 aromatic heterocycles. The Morgan fingerprint density at radius 3 is 2.62 bits per heavy atom. The molecule has 0 fully saturated rings. The molecule has 108 valence electrons. The van der Waals surface area contributed by atoms with Crippen LogP contribution < -0.4 is 5.32 Å². The fourth-order valence-corrected chi connectivity index (χ4v) is 3.40. The van der Waals surface area contributed by atoms with Gasteiger partial charge in [-0.05, 0) is 41.9 Å². The Kier molecular flexibility index (Phi) is 4.52. The molecule has 1 aliphatic carbocycles. The largest absolute Gasteiger partial charge is 0.306 e. The zero-order valence-corrected chi connectivity index (χ0v) is 12.5. The van der Waals surface area contributed by atoms with Crippen molar-refractivity contribution in [1.82, 2.24) is 5.32 Å². The zero-order chi connectivity index (χ0) is 14.5. The van der Waals surface area contributed by atoms with Crippen LogP contribution in [0.5, 0.6) is 0 Å². The van der Waals surface area contributed by atoms with Crippen LogP contribution in [0.25, 0.3) is 0 Å². The lowest BCUT2D eigenvalue weighted by Gasteiger charge is -2.34. The van der Waals surface area contributed by atoms with Gasteiger partial charge in [-0.15, -0.1) is 6.58 Å². The molecular formula is C20H23N. The van der Waals surface area contributed by atoms with E-state index in [0.717, 1.165) is 13.0 Å². The Morgan fingerprint density at radius 2 is 1.81 bits per heavy atom. The highest BCUT2D eigenvalue weighted by molar-refractivity contribution is 5.33. The molecule has 0 spiro atoms. The molecule has 0 bridgehead atoms. The number of benzene rings is 2. The second kappa shape index (κ2) is 6.73. The Hall–Kier alpha value is -1.86. The van der Waals surface area contributed by atoms with Gasteiger partial charge >= 0.3 is 0 Å². The van der Waals surface area contributed by atoms with E-state index in [1.807, 2.05) is 0 Å². The SMILES string of the molecule is C=CC[C@@H]1CCc2ccccc2[C@@H]1NCc1ccccc1. The molecule has 2 aromatic carbocycles. The van der Waals surface area contributed by atoms with E-state index in [4.69, 9.17) is 0 Å². The molecule has 0 aliphatic heterocycles. The van der Waals surface area contributed by atoms with E-state index >= 15 is 0 Å². The average molecular weight is 277 g/mol. The number of allylic oxidation sites excluding steroid dienone is 1. The van der Waals surface area contributed by atoms with Crippen LogP contribution in [0.4, 0.5) is 0 Å². The topological polar surface area (TPSA) is 12.0 Å². The zero-order valence-electron chi connectivity index (χ0n) is 12.5. The van der Waals surface area contributed by atoms with Crippen molar-refractivity contribution in [2.45, 2.75) is 31.8 Å². The third-order valence-corrected chi connectivity index (χ3v) is 4.48. The first-order valence-electron chi connectivity index (χ1n) is 7.84. The Balaban J connectivity index is 1.80. The van der Waals surface area contributed by atoms with E-state index in [9.17, 15) is 0 Å². The Bertz CT molecular complexity index is 588. The van der Waals surface area contributed by atoms with Crippen LogP contribution in [0.1, 0.15) is 35.6 Å². The molecule has 0 heterocycles. The molecule has 0 radical (unpaired) electrons. The molecule has 0 unspecified atom stereocenters. The number of hydrogen-bond donors (Lipinski definition) is 1. The highest BCUT2D eigenvalue weighted by Gasteiger charge is 2.27. The van der Waals surface area contributed by atoms with Crippen LogP contribution >= 0.6 is 0 Å². The molecule has 1 heteroatoms. The van der Waals surface area contributed by atoms with Gasteiger partial charge in [0.2, 0.25) is 0 Å². The fraction of sp³-hybridized carbons (Fsp3) is 0.300. The Morgan fingerprint density at radius 1 is 1.05 bits per heavy atom. The minimum absolute atomic E-state index is 0.438. The maximum Gasteiger partial charge on any atom is 0.0357 e. The Labute approximate surface area is 127 Å². The maximum absolute atomic E-state index is 3.94. The summed E-state index contributed by atoms with van der Waals surface area (Å²) in [6.07, 6.45) is 5.59. The predicted molar refractivity (Wildman–Crippen MR) is 89.1 cm³/mol. The highest BCUT2D eigenvalue weighted by atomic mass is 14.9. The van der Waals surface area contributed by atoms with Crippen molar-refractivity contribution in [3.63, 3.8) is 0 Å². The van der Waals surface area contributed by atoms with Crippen LogP contribution in [-0.2, 0) is 13.0 Å². The van der Waals surface area contributed by atoms with Gasteiger partial charge in [-0.25, -0.2) is 0 Å². The van der Waals surface area contributed by atoms with Gasteiger partial charge in [0.15, 0.2) is 0 Å². The smallest absolute Gasteiger partial charge is 0.0357 e. The van der Waals surface area contributed by atoms with Crippen LogP contribution in [-0.4, -0.2) is 0 Å². The summed E-state index contributed by atoms with van der Waals surface area (Å²) in [5, 5.41) is 3.78. The molecule has 2 atom stereocenters. The van der Waals surface area contributed by atoms with E-state index < -0.39 is 0 Å². The molecule has 3 rings (SSSR count). The summed E-state index contributed by atoms with van der Waals surface area (Å²) in [5.41, 5.74) is 4.33. The van der Waals surface area contributed by atoms with Crippen molar-refractivity contribution in [3.05, 3.63) is 83.9 Å². The quantitative estimate of drug-likeness (QED) is 0.784. The van der Waals surface area contributed by atoms with E-state index in [2.05, 4.69) is 72.6 Å². The predicted octanol–water partition coefficient (Wildman–Crippen LogP) is 4.66. The maximum atomic E-state index is 3.94. The summed E-state index contributed by atoms with van der Waals surface area (Å²) in [5.74, 6) is 0.654. The minimum atomic E-state index is 0.438. The van der Waals surface area contributed by atoms with Gasteiger partial charge in [-0.1, -0.05) is 60.7 Å². The number of aryl methyl sites for hydroxylation is 1. The van der Waals surface area contributed by atoms with Gasteiger partial charge in [-0.3, -0.25) is 0 Å². The molecule has 21 heavy (non-hydrogen) atoms. The summed E-state index contributed by atoms with van der Waals surface area (Å²) >= 11 is 0. The summed E-state index contributed by atoms with van der Waals surface area (Å²) in [6, 6.07) is 20.0. The molecule has 1 aliphatic rings. The van der Waals surface area contributed by atoms with Gasteiger partial charge in [0, 0.05) is 12.6 Å². The van der Waals surface area contributed by atoms with Gasteiger partial charge in [0.1, 0.15) is 0 Å². The van der Waals surface area contributed by atoms with Crippen LogP contribution in [0, 0.1) is 5.92 Å². The van der Waals surface area contributed by atoms with E-state index in [1.54, 1.807) is 0 Å². The lowest BCUT2D eigenvalue weighted by atomic mass is 9.78. The molecule has 2 aromatic rings. The van der Waals surface area contributed by atoms with Crippen LogP contribution in [0.3, 0.4) is 0 Å². The van der Waals surface area contributed by atoms with Crippen molar-refractivity contribution < 1.29 is 0 Å². The molecule has 0 saturated heterocycles. The molecular weight excluding hydrogens is 254 g/mol. The average Bonchev–Trinajstić information content (AvgIpc) is 2.55. The van der Waals surface area contributed by atoms with E-state index in [0.29, 0.717) is 12.0 Å². The van der Waals surface area contributed by atoms with Gasteiger partial charge in [0.05, 0.1) is 0 Å². The molecule has 1 N–H and O–H groups in total. The van der Waals surface area contributed by atoms with Gasteiger partial charge in [-0.2, -0.15) is 0 Å². The van der Waals surface area contributed by atoms with E-state index in [1.165, 1.54) is 29.5 Å². The minimum Gasteiger partial charge on any atom is -0.306 e. The highest BCUT2D eigenvalue weighted by Crippen LogP contribution is 2.36. The summed E-state index contributed by atoms with van der Waals surface area (Å²) in [7, 11) is 0. The lowest BCUT2D eigenvalue weighted by Crippen LogP contribution is -2.32. The van der Waals surface area contributed by atoms with E-state index in [-0.39, 0.29) is 0 Å². The standard InChI is InChI=1S/C20H23N/c1-2-8-18-14-13-17-11-6-7-12-19(17)20(18)21-15-16-9-4-3-5-10-16/h2-7,9-12,18,20-21H,1,8,13-15H2/t18-,20-/m1/s1. The number of nitrogens with one attached hydrogen (secondary N) is 1. The number of rotatable bonds is 5. The van der Waals surface area contributed by atoms with Crippen molar-refractivity contribution >= 4 is 0 Å². The number of fused-ring (bicyclic) bond motifs is 1. The van der Waals surface area contributed by atoms with Crippen molar-refractivity contribution in [1.29, 1.82) is 0 Å². The van der Waals surface area contributed by atoms with Gasteiger partial charge in [0.25, 0.3) is 0 Å². The normalized spacial score (nSPS) is 20.8. The fourth-order valence-electron chi connectivity index (χ4n) is 3.40. The molecule has 0 amide bonds. The lowest BCUT2D eigenvalue weighted by molar-refractivity contribution is 0.321. The van der Waals surface area contributed by atoms with Crippen molar-refractivity contribution in [2.24, 2.45) is 5.92 Å². The van der Waals surface area contributed by atoms with Crippen LogP contribution in [0.15, 0.2) is 67.3 Å². The summed E-state index contributed by atoms with van der Waals surface area (Å²) < 4.78 is 0. The first kappa shape index (κ1) is 14.1. The van der Waals surface area contributed by atoms with Crippen molar-refractivity contribution in [3.8, 4) is 0 Å². The monoisotopic (exact) mass is 277 g/mol. The molecule has 1 nitrogen and oxygen atoms in total. The van der Waals surface area contributed by atoms with Crippen LogP contribution in [0.2, 0.25) is 0 Å². The second-order valence-corrected chi connectivity index (χ2v) is 5.87. The summed E-state index contributed by atoms with van der Waals surface area (Å²) in [6.45, 7) is 4.86. The third-order valence-electron chi connectivity index (χ3n) is 4.48. The second-order valence-electron chi connectivity index (χ2n) is 5.87. The summed E-state index contributed by atoms with van der Waals surface area (Å²) in [4.78, 5) is 0. The number of hydrogen-bond acceptors (Lipinski definition) is 1. The molecule has 0 saturated carbocycles. The first-order valence-corrected chi connectivity index (χ1v) is 7.84. The van der Waals surface area contributed by atoms with Gasteiger partial charge < -0.3 is 5.32 Å².